The van der Waals surface area contributed by atoms with Crippen LogP contribution in [0.5, 0.6) is 0 Å². The van der Waals surface area contributed by atoms with Crippen molar-refractivity contribution in [1.82, 2.24) is 16.0 Å². The first-order valence-corrected chi connectivity index (χ1v) is 13.4. The molecular weight excluding hydrogens is 380 g/mol. The highest BCUT2D eigenvalue weighted by atomic mass is 15.0. The van der Waals surface area contributed by atoms with Crippen molar-refractivity contribution < 1.29 is 0 Å². The summed E-state index contributed by atoms with van der Waals surface area (Å²) in [5, 5.41) is 10.1. The molecule has 4 nitrogen and oxygen atoms in total. The molecule has 3 heterocycles. The average Bonchev–Trinajstić information content (AvgIpc) is 3.49. The van der Waals surface area contributed by atoms with Gasteiger partial charge in [0.1, 0.15) is 0 Å². The van der Waals surface area contributed by atoms with Crippen LogP contribution in [0.2, 0.25) is 0 Å². The highest BCUT2D eigenvalue weighted by Gasteiger charge is 2.26. The third-order valence-electron chi connectivity index (χ3n) is 5.33. The maximum absolute atomic E-state index is 5.31. The average molecular weight is 445 g/mol. The van der Waals surface area contributed by atoms with Crippen LogP contribution in [0.25, 0.3) is 0 Å². The first-order valence-electron chi connectivity index (χ1n) is 13.4. The second kappa shape index (κ2) is 21.7. The summed E-state index contributed by atoms with van der Waals surface area (Å²) in [6.45, 7) is 30.2. The van der Waals surface area contributed by atoms with Gasteiger partial charge in [-0.15, -0.1) is 0 Å². The lowest BCUT2D eigenvalue weighted by atomic mass is 9.86. The van der Waals surface area contributed by atoms with Gasteiger partial charge in [0, 0.05) is 18.1 Å². The molecule has 0 bridgehead atoms. The van der Waals surface area contributed by atoms with Crippen molar-refractivity contribution in [3.63, 3.8) is 0 Å². The molecule has 0 aliphatic carbocycles. The van der Waals surface area contributed by atoms with E-state index in [-0.39, 0.29) is 0 Å². The van der Waals surface area contributed by atoms with E-state index >= 15 is 0 Å². The number of hydrogen-bond donors (Lipinski definition) is 4. The summed E-state index contributed by atoms with van der Waals surface area (Å²) < 4.78 is 0. The number of hydrogen-bond acceptors (Lipinski definition) is 4. The summed E-state index contributed by atoms with van der Waals surface area (Å²) in [6.07, 6.45) is 8.23. The van der Waals surface area contributed by atoms with Gasteiger partial charge in [0.15, 0.2) is 0 Å². The summed E-state index contributed by atoms with van der Waals surface area (Å²) in [7, 11) is 0. The van der Waals surface area contributed by atoms with E-state index in [0.717, 1.165) is 24.7 Å². The Bertz CT molecular complexity index is 312. The van der Waals surface area contributed by atoms with Gasteiger partial charge in [-0.05, 0) is 89.4 Å². The van der Waals surface area contributed by atoms with Gasteiger partial charge >= 0.3 is 0 Å². The minimum atomic E-state index is 0.319. The van der Waals surface area contributed by atoms with E-state index in [1.807, 2.05) is 27.7 Å². The number of rotatable bonds is 0. The number of nitrogens with two attached hydrogens (primary N) is 1. The van der Waals surface area contributed by atoms with Gasteiger partial charge in [0.25, 0.3) is 0 Å². The molecule has 3 saturated heterocycles. The number of nitrogens with one attached hydrogen (secondary N) is 3. The summed E-state index contributed by atoms with van der Waals surface area (Å²) >= 11 is 0. The third kappa shape index (κ3) is 26.0. The summed E-state index contributed by atoms with van der Waals surface area (Å²) in [4.78, 5) is 0. The van der Waals surface area contributed by atoms with Crippen molar-refractivity contribution in [1.29, 1.82) is 0 Å². The van der Waals surface area contributed by atoms with Crippen LogP contribution in [-0.4, -0.2) is 44.3 Å². The molecule has 0 spiro atoms. The molecule has 3 fully saturated rings. The quantitative estimate of drug-likeness (QED) is 0.352. The molecule has 0 radical (unpaired) electrons. The lowest BCUT2D eigenvalue weighted by molar-refractivity contribution is 0.295. The molecule has 5 N–H and O–H groups in total. The maximum Gasteiger partial charge on any atom is 0.0116 e. The van der Waals surface area contributed by atoms with Gasteiger partial charge in [-0.25, -0.2) is 0 Å². The van der Waals surface area contributed by atoms with E-state index in [0.29, 0.717) is 10.8 Å². The van der Waals surface area contributed by atoms with Gasteiger partial charge in [-0.2, -0.15) is 0 Å². The van der Waals surface area contributed by atoms with Crippen LogP contribution in [0.15, 0.2) is 0 Å². The van der Waals surface area contributed by atoms with Crippen molar-refractivity contribution in [2.45, 2.75) is 140 Å². The van der Waals surface area contributed by atoms with Crippen LogP contribution < -0.4 is 21.7 Å². The largest absolute Gasteiger partial charge is 0.330 e. The Morgan fingerprint density at radius 2 is 0.968 bits per heavy atom. The first kappa shape index (κ1) is 35.4. The zero-order valence-corrected chi connectivity index (χ0v) is 23.9. The predicted octanol–water partition coefficient (Wildman–Crippen LogP) is 6.34. The Hall–Kier alpha value is -0.160. The Morgan fingerprint density at radius 3 is 1.06 bits per heavy atom. The zero-order valence-electron chi connectivity index (χ0n) is 23.9. The molecule has 3 aliphatic rings. The van der Waals surface area contributed by atoms with Crippen molar-refractivity contribution in [2.24, 2.45) is 16.6 Å². The smallest absolute Gasteiger partial charge is 0.0116 e. The molecule has 192 valence electrons. The highest BCUT2D eigenvalue weighted by Crippen LogP contribution is 2.25. The fraction of sp³-hybridized carbons (Fsp3) is 1.00. The van der Waals surface area contributed by atoms with Gasteiger partial charge < -0.3 is 21.7 Å². The van der Waals surface area contributed by atoms with E-state index in [1.165, 1.54) is 58.2 Å². The van der Waals surface area contributed by atoms with Crippen molar-refractivity contribution in [2.75, 3.05) is 26.2 Å². The lowest BCUT2D eigenvalue weighted by Crippen LogP contribution is -2.34. The van der Waals surface area contributed by atoms with E-state index in [4.69, 9.17) is 5.73 Å². The molecule has 3 atom stereocenters. The zero-order chi connectivity index (χ0) is 24.9. The molecule has 0 saturated carbocycles. The monoisotopic (exact) mass is 445 g/mol. The highest BCUT2D eigenvalue weighted by molar-refractivity contribution is 4.84. The van der Waals surface area contributed by atoms with Gasteiger partial charge in [-0.3, -0.25) is 0 Å². The van der Waals surface area contributed by atoms with E-state index in [9.17, 15) is 0 Å². The molecule has 0 aromatic rings. The molecule has 1 unspecified atom stereocenters. The van der Waals surface area contributed by atoms with Crippen LogP contribution in [0.1, 0.15) is 122 Å². The minimum Gasteiger partial charge on any atom is -0.330 e. The normalized spacial score (nSPS) is 24.5. The Kier molecular flexibility index (Phi) is 24.8. The SMILES string of the molecule is CC.CC.CC(C)(C)C1CCCN1.CC(C)(C)CN.C[C@@H]1CCCN1.C[C@H]1CCCN1. The van der Waals surface area contributed by atoms with Gasteiger partial charge in [-0.1, -0.05) is 69.2 Å². The molecular formula is C27H64N4. The van der Waals surface area contributed by atoms with E-state index < -0.39 is 0 Å². The molecule has 31 heavy (non-hydrogen) atoms. The fourth-order valence-electron chi connectivity index (χ4n) is 3.14. The second-order valence-electron chi connectivity index (χ2n) is 10.8. The van der Waals surface area contributed by atoms with Gasteiger partial charge in [0.05, 0.1) is 0 Å². The van der Waals surface area contributed by atoms with Crippen LogP contribution in [0, 0.1) is 10.8 Å². The van der Waals surface area contributed by atoms with Gasteiger partial charge in [0.2, 0.25) is 0 Å². The van der Waals surface area contributed by atoms with E-state index in [1.54, 1.807) is 0 Å². The Morgan fingerprint density at radius 1 is 0.645 bits per heavy atom. The lowest BCUT2D eigenvalue weighted by Gasteiger charge is -2.26. The molecule has 0 aromatic heterocycles. The third-order valence-corrected chi connectivity index (χ3v) is 5.33. The summed E-state index contributed by atoms with van der Waals surface area (Å²) in [6, 6.07) is 2.35. The van der Waals surface area contributed by atoms with Crippen LogP contribution in [0.3, 0.4) is 0 Å². The molecule has 3 aliphatic heterocycles. The predicted molar refractivity (Wildman–Crippen MR) is 145 cm³/mol. The van der Waals surface area contributed by atoms with Crippen LogP contribution in [-0.2, 0) is 0 Å². The Labute approximate surface area is 198 Å². The molecule has 0 aromatic carbocycles. The first-order chi connectivity index (χ1) is 14.5. The summed E-state index contributed by atoms with van der Waals surface area (Å²) in [5.41, 5.74) is 6.09. The fourth-order valence-corrected chi connectivity index (χ4v) is 3.14. The molecule has 0 amide bonds. The van der Waals surface area contributed by atoms with Crippen molar-refractivity contribution in [3.8, 4) is 0 Å². The van der Waals surface area contributed by atoms with Crippen molar-refractivity contribution >= 4 is 0 Å². The second-order valence-corrected chi connectivity index (χ2v) is 10.8. The molecule has 3 rings (SSSR count). The van der Waals surface area contributed by atoms with Crippen LogP contribution >= 0.6 is 0 Å². The standard InChI is InChI=1S/C8H17N.2C5H11N.C5H13N.2C2H6/c1-8(2,3)7-5-4-6-9-7;2*1-5-3-2-4-6-5;1-5(2,3)4-6;2*1-2/h7,9H,4-6H2,1-3H3;2*5-6H,2-4H2,1H3;4,6H2,1-3H3;2*1-2H3/t;2*5-;;;/m.10.../s1. The maximum atomic E-state index is 5.31. The summed E-state index contributed by atoms with van der Waals surface area (Å²) in [5.74, 6) is 0. The van der Waals surface area contributed by atoms with E-state index in [2.05, 4.69) is 71.3 Å². The molecule has 4 heteroatoms. The topological polar surface area (TPSA) is 62.1 Å². The van der Waals surface area contributed by atoms with Crippen molar-refractivity contribution in [3.05, 3.63) is 0 Å². The van der Waals surface area contributed by atoms with Crippen LogP contribution in [0.4, 0.5) is 0 Å². The minimum absolute atomic E-state index is 0.319. The Balaban J connectivity index is -0.000000324.